The molecule has 1 unspecified atom stereocenters. The van der Waals surface area contributed by atoms with Crippen molar-refractivity contribution in [1.82, 2.24) is 10.6 Å². The monoisotopic (exact) mass is 404 g/mol. The first-order valence-corrected chi connectivity index (χ1v) is 10.1. The zero-order valence-corrected chi connectivity index (χ0v) is 16.9. The summed E-state index contributed by atoms with van der Waals surface area (Å²) in [4.78, 5) is 36.6. The van der Waals surface area contributed by atoms with Gasteiger partial charge in [-0.25, -0.2) is 4.39 Å². The fourth-order valence-electron chi connectivity index (χ4n) is 2.74. The highest BCUT2D eigenvalue weighted by atomic mass is 32.1. The molecule has 2 amide bonds. The van der Waals surface area contributed by atoms with Crippen molar-refractivity contribution < 1.29 is 18.8 Å². The van der Waals surface area contributed by atoms with Crippen molar-refractivity contribution in [2.75, 3.05) is 6.54 Å². The number of ketones is 1. The van der Waals surface area contributed by atoms with E-state index >= 15 is 0 Å². The number of hydrogen-bond donors (Lipinski definition) is 2. The molecule has 7 heteroatoms. The molecule has 0 aliphatic heterocycles. The zero-order chi connectivity index (χ0) is 20.5. The van der Waals surface area contributed by atoms with Gasteiger partial charge in [0.2, 0.25) is 11.8 Å². The molecule has 1 heterocycles. The topological polar surface area (TPSA) is 75.3 Å². The molecule has 1 aromatic carbocycles. The Morgan fingerprint density at radius 3 is 2.32 bits per heavy atom. The van der Waals surface area contributed by atoms with E-state index in [0.717, 1.165) is 5.56 Å². The fraction of sp³-hybridized carbons (Fsp3) is 0.381. The molecule has 1 atom stereocenters. The van der Waals surface area contributed by atoms with Crippen LogP contribution in [0.2, 0.25) is 0 Å². The summed E-state index contributed by atoms with van der Waals surface area (Å²) in [5, 5.41) is 7.42. The van der Waals surface area contributed by atoms with Crippen LogP contribution in [0.4, 0.5) is 4.39 Å². The predicted octanol–water partition coefficient (Wildman–Crippen LogP) is 3.87. The summed E-state index contributed by atoms with van der Waals surface area (Å²) < 4.78 is 13.1. The fourth-order valence-corrected chi connectivity index (χ4v) is 3.44. The molecular weight excluding hydrogens is 379 g/mol. The van der Waals surface area contributed by atoms with Crippen LogP contribution >= 0.6 is 11.3 Å². The lowest BCUT2D eigenvalue weighted by molar-refractivity contribution is -0.123. The molecule has 1 aromatic heterocycles. The Morgan fingerprint density at radius 1 is 1.00 bits per heavy atom. The summed E-state index contributed by atoms with van der Waals surface area (Å²) >= 11 is 1.36. The summed E-state index contributed by atoms with van der Waals surface area (Å²) in [6.45, 7) is 4.15. The molecule has 0 spiro atoms. The Morgan fingerprint density at radius 2 is 1.71 bits per heavy atom. The molecular formula is C21H25FN2O3S. The Hall–Kier alpha value is -2.54. The molecule has 0 aliphatic carbocycles. The van der Waals surface area contributed by atoms with E-state index in [0.29, 0.717) is 4.88 Å². The first-order valence-electron chi connectivity index (χ1n) is 9.25. The highest BCUT2D eigenvalue weighted by Gasteiger charge is 2.18. The van der Waals surface area contributed by atoms with Crippen LogP contribution < -0.4 is 10.6 Å². The number of amides is 2. The van der Waals surface area contributed by atoms with Gasteiger partial charge in [0.1, 0.15) is 5.82 Å². The van der Waals surface area contributed by atoms with Crippen LogP contribution in [0.1, 0.15) is 54.4 Å². The Labute approximate surface area is 168 Å². The van der Waals surface area contributed by atoms with Crippen LogP contribution in [0.3, 0.4) is 0 Å². The summed E-state index contributed by atoms with van der Waals surface area (Å²) in [5.41, 5.74) is 0.834. The molecule has 0 aliphatic rings. The Bertz CT molecular complexity index is 788. The van der Waals surface area contributed by atoms with E-state index in [1.807, 2.05) is 19.2 Å². The lowest BCUT2D eigenvalue weighted by Crippen LogP contribution is -2.34. The summed E-state index contributed by atoms with van der Waals surface area (Å²) in [5.74, 6) is -0.693. The molecule has 0 saturated heterocycles. The van der Waals surface area contributed by atoms with E-state index in [4.69, 9.17) is 0 Å². The van der Waals surface area contributed by atoms with Gasteiger partial charge < -0.3 is 10.6 Å². The van der Waals surface area contributed by atoms with Gasteiger partial charge in [-0.3, -0.25) is 14.4 Å². The molecule has 28 heavy (non-hydrogen) atoms. The molecule has 150 valence electrons. The van der Waals surface area contributed by atoms with Gasteiger partial charge in [0.15, 0.2) is 5.78 Å². The normalized spacial score (nSPS) is 11.9. The van der Waals surface area contributed by atoms with Gasteiger partial charge in [-0.05, 0) is 35.1 Å². The maximum absolute atomic E-state index is 13.1. The third kappa shape index (κ3) is 6.88. The van der Waals surface area contributed by atoms with E-state index in [1.54, 1.807) is 24.3 Å². The molecule has 0 bridgehead atoms. The van der Waals surface area contributed by atoms with Crippen molar-refractivity contribution in [3.8, 4) is 0 Å². The second-order valence-corrected chi connectivity index (χ2v) is 7.79. The van der Waals surface area contributed by atoms with E-state index in [-0.39, 0.29) is 61.2 Å². The second kappa shape index (κ2) is 10.7. The molecule has 2 rings (SSSR count). The van der Waals surface area contributed by atoms with Crippen molar-refractivity contribution in [3.63, 3.8) is 0 Å². The quantitative estimate of drug-likeness (QED) is 0.590. The smallest absolute Gasteiger partial charge is 0.222 e. The van der Waals surface area contributed by atoms with E-state index in [2.05, 4.69) is 10.6 Å². The zero-order valence-electron chi connectivity index (χ0n) is 16.0. The largest absolute Gasteiger partial charge is 0.356 e. The minimum absolute atomic E-state index is 0.0537. The molecule has 2 N–H and O–H groups in total. The van der Waals surface area contributed by atoms with Gasteiger partial charge >= 0.3 is 0 Å². The highest BCUT2D eigenvalue weighted by molar-refractivity contribution is 7.12. The number of carbonyl (C=O) groups is 3. The standard InChI is InChI=1S/C21H25FN2O3S/c1-14(2)21(15-5-7-16(22)8-6-15)24-20(27)11-12-23-19(26)10-9-17(25)18-4-3-13-28-18/h3-8,13-14,21H,9-12H2,1-2H3,(H,23,26)(H,24,27). The highest BCUT2D eigenvalue weighted by Crippen LogP contribution is 2.22. The van der Waals surface area contributed by atoms with Crippen LogP contribution in [0.15, 0.2) is 41.8 Å². The first kappa shape index (κ1) is 21.8. The van der Waals surface area contributed by atoms with Crippen LogP contribution in [0.25, 0.3) is 0 Å². The number of carbonyl (C=O) groups excluding carboxylic acids is 3. The van der Waals surface area contributed by atoms with Gasteiger partial charge in [0.05, 0.1) is 10.9 Å². The Kier molecular flexibility index (Phi) is 8.32. The third-order valence-electron chi connectivity index (χ3n) is 4.26. The van der Waals surface area contributed by atoms with Crippen LogP contribution in [-0.4, -0.2) is 24.1 Å². The minimum atomic E-state index is -0.321. The summed E-state index contributed by atoms with van der Waals surface area (Å²) in [6.07, 6.45) is 0.385. The molecule has 2 aromatic rings. The average molecular weight is 405 g/mol. The molecule has 0 saturated carbocycles. The van der Waals surface area contributed by atoms with Gasteiger partial charge in [0.25, 0.3) is 0 Å². The Balaban J connectivity index is 1.72. The van der Waals surface area contributed by atoms with E-state index < -0.39 is 0 Å². The van der Waals surface area contributed by atoms with Crippen molar-refractivity contribution in [2.45, 2.75) is 39.2 Å². The van der Waals surface area contributed by atoms with Crippen molar-refractivity contribution in [3.05, 3.63) is 58.0 Å². The number of nitrogens with one attached hydrogen (secondary N) is 2. The lowest BCUT2D eigenvalue weighted by atomic mass is 9.96. The van der Waals surface area contributed by atoms with E-state index in [1.165, 1.54) is 23.5 Å². The molecule has 0 radical (unpaired) electrons. The number of hydrogen-bond acceptors (Lipinski definition) is 4. The van der Waals surface area contributed by atoms with Gasteiger partial charge in [-0.1, -0.05) is 32.0 Å². The summed E-state index contributed by atoms with van der Waals surface area (Å²) in [7, 11) is 0. The van der Waals surface area contributed by atoms with Crippen LogP contribution in [-0.2, 0) is 9.59 Å². The number of halogens is 1. The number of Topliss-reactive ketones (excluding diaryl/α,β-unsaturated/α-hetero) is 1. The molecule has 0 fully saturated rings. The number of rotatable bonds is 10. The van der Waals surface area contributed by atoms with Gasteiger partial charge in [-0.15, -0.1) is 11.3 Å². The predicted molar refractivity (Wildman–Crippen MR) is 108 cm³/mol. The minimum Gasteiger partial charge on any atom is -0.356 e. The second-order valence-electron chi connectivity index (χ2n) is 6.84. The number of benzene rings is 1. The third-order valence-corrected chi connectivity index (χ3v) is 5.17. The van der Waals surface area contributed by atoms with Crippen LogP contribution in [0.5, 0.6) is 0 Å². The van der Waals surface area contributed by atoms with Crippen molar-refractivity contribution in [2.24, 2.45) is 5.92 Å². The maximum Gasteiger partial charge on any atom is 0.222 e. The van der Waals surface area contributed by atoms with Crippen LogP contribution in [0, 0.1) is 11.7 Å². The van der Waals surface area contributed by atoms with Gasteiger partial charge in [0, 0.05) is 25.8 Å². The van der Waals surface area contributed by atoms with Crippen molar-refractivity contribution in [1.29, 1.82) is 0 Å². The van der Waals surface area contributed by atoms with Gasteiger partial charge in [-0.2, -0.15) is 0 Å². The SMILES string of the molecule is CC(C)C(NC(=O)CCNC(=O)CCC(=O)c1cccs1)c1ccc(F)cc1. The first-order chi connectivity index (χ1) is 13.4. The lowest BCUT2D eigenvalue weighted by Gasteiger charge is -2.23. The maximum atomic E-state index is 13.1. The average Bonchev–Trinajstić information content (AvgIpc) is 3.20. The van der Waals surface area contributed by atoms with E-state index in [9.17, 15) is 18.8 Å². The molecule has 5 nitrogen and oxygen atoms in total. The summed E-state index contributed by atoms with van der Waals surface area (Å²) in [6, 6.07) is 9.36. The van der Waals surface area contributed by atoms with Crippen molar-refractivity contribution >= 4 is 28.9 Å². The number of thiophene rings is 1.